The van der Waals surface area contributed by atoms with Gasteiger partial charge in [-0.25, -0.2) is 0 Å². The molecule has 0 aliphatic carbocycles. The van der Waals surface area contributed by atoms with E-state index in [0.29, 0.717) is 6.54 Å². The lowest BCUT2D eigenvalue weighted by molar-refractivity contribution is -0.126. The topological polar surface area (TPSA) is 98.2 Å². The Kier molecular flexibility index (Phi) is 6.79. The molecule has 1 aromatic heterocycles. The van der Waals surface area contributed by atoms with Crippen LogP contribution < -0.4 is 16.8 Å². The minimum absolute atomic E-state index is 0. The van der Waals surface area contributed by atoms with Crippen LogP contribution in [0.4, 0.5) is 0 Å². The molecule has 1 heterocycles. The molecule has 1 aromatic rings. The molecule has 0 bridgehead atoms. The number of thiophene rings is 1. The molecule has 0 saturated carbocycles. The van der Waals surface area contributed by atoms with Crippen LogP contribution >= 0.6 is 23.7 Å². The third kappa shape index (κ3) is 5.67. The SMILES string of the molecule is Cc1ccc(CNC(=O)C(N)CC(N)=O)s1.Cl. The third-order valence-corrected chi connectivity index (χ3v) is 2.99. The van der Waals surface area contributed by atoms with Gasteiger partial charge >= 0.3 is 0 Å². The Balaban J connectivity index is 0.00000256. The second kappa shape index (κ2) is 7.26. The molecule has 0 saturated heterocycles. The molecule has 0 aliphatic rings. The van der Waals surface area contributed by atoms with Crippen LogP contribution in [0.25, 0.3) is 0 Å². The normalized spacial score (nSPS) is 11.4. The van der Waals surface area contributed by atoms with Crippen LogP contribution in [0.15, 0.2) is 12.1 Å². The van der Waals surface area contributed by atoms with Crippen LogP contribution in [0.5, 0.6) is 0 Å². The molecule has 0 fully saturated rings. The molecule has 1 unspecified atom stereocenters. The zero-order valence-corrected chi connectivity index (χ0v) is 11.1. The minimum atomic E-state index is -0.862. The number of nitrogens with two attached hydrogens (primary N) is 2. The summed E-state index contributed by atoms with van der Waals surface area (Å²) in [5.41, 5.74) is 10.4. The summed E-state index contributed by atoms with van der Waals surface area (Å²) in [6.07, 6.45) is -0.130. The molecule has 0 radical (unpaired) electrons. The summed E-state index contributed by atoms with van der Waals surface area (Å²) in [6, 6.07) is 3.06. The predicted octanol–water partition coefficient (Wildman–Crippen LogP) is 0.297. The van der Waals surface area contributed by atoms with Crippen molar-refractivity contribution in [3.05, 3.63) is 21.9 Å². The molecule has 96 valence electrons. The van der Waals surface area contributed by atoms with Crippen LogP contribution in [0.1, 0.15) is 16.2 Å². The monoisotopic (exact) mass is 277 g/mol. The summed E-state index contributed by atoms with van der Waals surface area (Å²) in [6.45, 7) is 2.43. The average molecular weight is 278 g/mol. The highest BCUT2D eigenvalue weighted by atomic mass is 35.5. The van der Waals surface area contributed by atoms with Crippen molar-refractivity contribution in [1.82, 2.24) is 5.32 Å². The van der Waals surface area contributed by atoms with Gasteiger partial charge < -0.3 is 16.8 Å². The number of rotatable bonds is 5. The van der Waals surface area contributed by atoms with Gasteiger partial charge in [0.15, 0.2) is 0 Å². The van der Waals surface area contributed by atoms with E-state index in [2.05, 4.69) is 5.32 Å². The first-order valence-corrected chi connectivity index (χ1v) is 5.67. The quantitative estimate of drug-likeness (QED) is 0.722. The number of halogens is 1. The van der Waals surface area contributed by atoms with Crippen LogP contribution in [-0.4, -0.2) is 17.9 Å². The molecular formula is C10H16ClN3O2S. The Morgan fingerprint density at radius 1 is 1.47 bits per heavy atom. The van der Waals surface area contributed by atoms with Gasteiger partial charge in [-0.3, -0.25) is 9.59 Å². The Labute approximate surface area is 110 Å². The zero-order valence-electron chi connectivity index (χ0n) is 9.43. The highest BCUT2D eigenvalue weighted by Gasteiger charge is 2.15. The van der Waals surface area contributed by atoms with Crippen LogP contribution in [0.3, 0.4) is 0 Å². The highest BCUT2D eigenvalue weighted by Crippen LogP contribution is 2.14. The number of hydrogen-bond donors (Lipinski definition) is 3. The van der Waals surface area contributed by atoms with Gasteiger partial charge in [-0.1, -0.05) is 0 Å². The number of hydrogen-bond acceptors (Lipinski definition) is 4. The van der Waals surface area contributed by atoms with Crippen molar-refractivity contribution < 1.29 is 9.59 Å². The number of nitrogens with one attached hydrogen (secondary N) is 1. The van der Waals surface area contributed by atoms with Crippen LogP contribution in [0.2, 0.25) is 0 Å². The molecule has 7 heteroatoms. The first-order valence-electron chi connectivity index (χ1n) is 4.86. The molecule has 0 spiro atoms. The Bertz CT molecular complexity index is 395. The summed E-state index contributed by atoms with van der Waals surface area (Å²) >= 11 is 1.61. The van der Waals surface area contributed by atoms with Crippen molar-refractivity contribution in [2.75, 3.05) is 0 Å². The van der Waals surface area contributed by atoms with Gasteiger partial charge in [0, 0.05) is 9.75 Å². The number of amides is 2. The zero-order chi connectivity index (χ0) is 12.1. The molecule has 5 N–H and O–H groups in total. The maximum Gasteiger partial charge on any atom is 0.237 e. The Hall–Kier alpha value is -1.11. The van der Waals surface area contributed by atoms with E-state index in [4.69, 9.17) is 11.5 Å². The Morgan fingerprint density at radius 2 is 2.12 bits per heavy atom. The van der Waals surface area contributed by atoms with E-state index in [1.807, 2.05) is 19.1 Å². The average Bonchev–Trinajstić information content (AvgIpc) is 2.59. The van der Waals surface area contributed by atoms with Gasteiger partial charge in [-0.15, -0.1) is 23.7 Å². The van der Waals surface area contributed by atoms with E-state index in [1.54, 1.807) is 11.3 Å². The number of carbonyl (C=O) groups is 2. The number of aryl methyl sites for hydroxylation is 1. The summed E-state index contributed by atoms with van der Waals surface area (Å²) in [7, 11) is 0. The van der Waals surface area contributed by atoms with Crippen molar-refractivity contribution in [1.29, 1.82) is 0 Å². The van der Waals surface area contributed by atoms with Crippen molar-refractivity contribution in [3.63, 3.8) is 0 Å². The maximum atomic E-state index is 11.4. The lowest BCUT2D eigenvalue weighted by atomic mass is 10.2. The first kappa shape index (κ1) is 15.9. The van der Waals surface area contributed by atoms with Crippen molar-refractivity contribution in [2.24, 2.45) is 11.5 Å². The summed E-state index contributed by atoms with van der Waals surface area (Å²) in [5, 5.41) is 2.66. The van der Waals surface area contributed by atoms with E-state index < -0.39 is 11.9 Å². The molecule has 0 aliphatic heterocycles. The van der Waals surface area contributed by atoms with Crippen LogP contribution in [-0.2, 0) is 16.1 Å². The summed E-state index contributed by atoms with van der Waals surface area (Å²) < 4.78 is 0. The second-order valence-electron chi connectivity index (χ2n) is 3.51. The van der Waals surface area contributed by atoms with E-state index in [9.17, 15) is 9.59 Å². The fourth-order valence-corrected chi connectivity index (χ4v) is 2.02. The largest absolute Gasteiger partial charge is 0.370 e. The molecule has 1 atom stereocenters. The maximum absolute atomic E-state index is 11.4. The molecule has 0 aromatic carbocycles. The van der Waals surface area contributed by atoms with Gasteiger partial charge in [0.2, 0.25) is 11.8 Å². The van der Waals surface area contributed by atoms with E-state index in [-0.39, 0.29) is 24.7 Å². The minimum Gasteiger partial charge on any atom is -0.370 e. The third-order valence-electron chi connectivity index (χ3n) is 1.99. The fourth-order valence-electron chi connectivity index (χ4n) is 1.19. The first-order chi connectivity index (χ1) is 7.49. The predicted molar refractivity (Wildman–Crippen MR) is 69.9 cm³/mol. The molecule has 5 nitrogen and oxygen atoms in total. The van der Waals surface area contributed by atoms with Gasteiger partial charge in [0.1, 0.15) is 0 Å². The van der Waals surface area contributed by atoms with Gasteiger partial charge in [-0.2, -0.15) is 0 Å². The van der Waals surface area contributed by atoms with Crippen molar-refractivity contribution in [2.45, 2.75) is 25.9 Å². The standard InChI is InChI=1S/C10H15N3O2S.ClH/c1-6-2-3-7(16-6)5-13-10(15)8(11)4-9(12)14;/h2-3,8H,4-5,11H2,1H3,(H2,12,14)(H,13,15);1H. The van der Waals surface area contributed by atoms with Crippen molar-refractivity contribution >= 4 is 35.6 Å². The summed E-state index contributed by atoms with van der Waals surface area (Å²) in [5.74, 6) is -0.931. The van der Waals surface area contributed by atoms with E-state index >= 15 is 0 Å². The summed E-state index contributed by atoms with van der Waals surface area (Å²) in [4.78, 5) is 24.2. The molecular weight excluding hydrogens is 262 g/mol. The Morgan fingerprint density at radius 3 is 2.59 bits per heavy atom. The van der Waals surface area contributed by atoms with Gasteiger partial charge in [0.05, 0.1) is 19.0 Å². The smallest absolute Gasteiger partial charge is 0.237 e. The number of primary amides is 1. The second-order valence-corrected chi connectivity index (χ2v) is 4.88. The number of carbonyl (C=O) groups excluding carboxylic acids is 2. The fraction of sp³-hybridized carbons (Fsp3) is 0.400. The van der Waals surface area contributed by atoms with E-state index in [0.717, 1.165) is 4.88 Å². The molecule has 1 rings (SSSR count). The molecule has 17 heavy (non-hydrogen) atoms. The highest BCUT2D eigenvalue weighted by molar-refractivity contribution is 7.11. The van der Waals surface area contributed by atoms with Gasteiger partial charge in [-0.05, 0) is 19.1 Å². The van der Waals surface area contributed by atoms with Crippen LogP contribution in [0, 0.1) is 6.92 Å². The lowest BCUT2D eigenvalue weighted by Crippen LogP contribution is -2.42. The van der Waals surface area contributed by atoms with Gasteiger partial charge in [0.25, 0.3) is 0 Å². The molecule has 2 amide bonds. The lowest BCUT2D eigenvalue weighted by Gasteiger charge is -2.09. The van der Waals surface area contributed by atoms with E-state index in [1.165, 1.54) is 4.88 Å². The van der Waals surface area contributed by atoms with Crippen molar-refractivity contribution in [3.8, 4) is 0 Å².